The Bertz CT molecular complexity index is 1300. The van der Waals surface area contributed by atoms with Gasteiger partial charge in [0, 0.05) is 56.4 Å². The van der Waals surface area contributed by atoms with Gasteiger partial charge >= 0.3 is 0 Å². The number of rotatable bonds is 7. The zero-order chi connectivity index (χ0) is 30.8. The van der Waals surface area contributed by atoms with Crippen molar-refractivity contribution in [1.29, 1.82) is 0 Å². The van der Waals surface area contributed by atoms with Crippen LogP contribution in [0.3, 0.4) is 0 Å². The summed E-state index contributed by atoms with van der Waals surface area (Å²) < 4.78 is 20.9. The molecule has 3 aliphatic rings. The molecule has 0 aromatic heterocycles. The van der Waals surface area contributed by atoms with Crippen LogP contribution in [0.2, 0.25) is 0 Å². The van der Waals surface area contributed by atoms with Gasteiger partial charge in [0.1, 0.15) is 0 Å². The number of benzene rings is 2. The van der Waals surface area contributed by atoms with E-state index in [2.05, 4.69) is 9.98 Å². The number of aliphatic hydroxyl groups is 2. The zero-order valence-corrected chi connectivity index (χ0v) is 24.9. The van der Waals surface area contributed by atoms with Gasteiger partial charge < -0.3 is 34.1 Å². The first-order valence-electron chi connectivity index (χ1n) is 13.5. The molecule has 228 valence electrons. The van der Waals surface area contributed by atoms with Crippen LogP contribution in [0.25, 0.3) is 0 Å². The highest BCUT2D eigenvalue weighted by Gasteiger charge is 2.32. The predicted octanol–water partition coefficient (Wildman–Crippen LogP) is 2.92. The van der Waals surface area contributed by atoms with Crippen molar-refractivity contribution in [3.8, 4) is 23.0 Å². The third kappa shape index (κ3) is 7.25. The van der Waals surface area contributed by atoms with Crippen LogP contribution in [0, 0.1) is 0 Å². The summed E-state index contributed by atoms with van der Waals surface area (Å²) in [5, 5.41) is 16.6. The van der Waals surface area contributed by atoms with Gasteiger partial charge in [0.2, 0.25) is 0 Å². The van der Waals surface area contributed by atoms with E-state index < -0.39 is 0 Å². The highest BCUT2D eigenvalue weighted by atomic mass is 16.5. The van der Waals surface area contributed by atoms with Crippen molar-refractivity contribution in [2.45, 2.75) is 37.5 Å². The van der Waals surface area contributed by atoms with Crippen LogP contribution >= 0.6 is 0 Å². The summed E-state index contributed by atoms with van der Waals surface area (Å²) in [6.07, 6.45) is 6.68. The van der Waals surface area contributed by atoms with Crippen LogP contribution in [0.4, 0.5) is 11.4 Å². The molecule has 0 saturated carbocycles. The van der Waals surface area contributed by atoms with E-state index in [1.54, 1.807) is 44.7 Å². The van der Waals surface area contributed by atoms with E-state index >= 15 is 0 Å². The van der Waals surface area contributed by atoms with Crippen molar-refractivity contribution >= 4 is 36.0 Å². The largest absolute Gasteiger partial charge is 0.493 e. The number of aliphatic hydroxyl groups excluding tert-OH is 2. The lowest BCUT2D eigenvalue weighted by atomic mass is 10.1. The molecule has 0 bridgehead atoms. The van der Waals surface area contributed by atoms with Gasteiger partial charge in [-0.25, -0.2) is 0 Å². The normalized spacial score (nSPS) is 20.9. The Balaban J connectivity index is 0.000000218. The second-order valence-corrected chi connectivity index (χ2v) is 9.77. The van der Waals surface area contributed by atoms with Gasteiger partial charge in [-0.15, -0.1) is 0 Å². The molecular weight excluding hydrogens is 544 g/mol. The highest BCUT2D eigenvalue weighted by Crippen LogP contribution is 2.38. The molecule has 12 heteroatoms. The molecule has 0 spiro atoms. The minimum Gasteiger partial charge on any atom is -0.493 e. The molecule has 3 aliphatic heterocycles. The zero-order valence-electron chi connectivity index (χ0n) is 24.9. The number of aliphatic imine (C=N–C) groups is 2. The molecule has 3 atom stereocenters. The minimum absolute atomic E-state index is 0.0240. The maximum absolute atomic E-state index is 12.5. The van der Waals surface area contributed by atoms with Crippen LogP contribution in [-0.4, -0.2) is 119 Å². The van der Waals surface area contributed by atoms with Crippen LogP contribution < -0.4 is 18.9 Å². The Hall–Kier alpha value is -4.00. The van der Waals surface area contributed by atoms with Crippen molar-refractivity contribution in [3.05, 3.63) is 35.4 Å². The van der Waals surface area contributed by atoms with Crippen molar-refractivity contribution in [2.75, 3.05) is 55.7 Å². The molecule has 12 nitrogen and oxygen atoms in total. The molecule has 42 heavy (non-hydrogen) atoms. The van der Waals surface area contributed by atoms with Crippen LogP contribution in [0.15, 0.2) is 34.3 Å². The lowest BCUT2D eigenvalue weighted by molar-refractivity contribution is 0.0774. The molecule has 2 saturated heterocycles. The summed E-state index contributed by atoms with van der Waals surface area (Å²) in [5.74, 6) is 2.19. The van der Waals surface area contributed by atoms with E-state index in [0.29, 0.717) is 58.5 Å². The number of likely N-dealkylation sites (N-methyl/N-ethyl adjacent to an activating group) is 1. The number of ether oxygens (including phenoxy) is 4. The molecule has 5 rings (SSSR count). The summed E-state index contributed by atoms with van der Waals surface area (Å²) in [7, 11) is 9.12. The van der Waals surface area contributed by atoms with E-state index in [-0.39, 0.29) is 24.1 Å². The molecule has 0 aliphatic carbocycles. The summed E-state index contributed by atoms with van der Waals surface area (Å²) in [6, 6.07) is 6.93. The standard InChI is InChI=1S/C15H20N2O4.C14H16N2O3.CH4O/c1-17-8-12(19)5-11(17)7-16-13-6-15(21-3)14(20-2)4-10(13)9-18;1-18-12-6-10-11(7-13(12)19-2)15-8-9-4-3-5-16(9)14(10)17;1-2/h4,6-7,9,11-12,19H,5,8H2,1-3H3;6-9H,3-5H2,1-2H3;2H,1H3. The second-order valence-electron chi connectivity index (χ2n) is 9.77. The fraction of sp³-hybridized carbons (Fsp3) is 0.467. The van der Waals surface area contributed by atoms with E-state index in [0.717, 1.165) is 32.8 Å². The third-order valence-electron chi connectivity index (χ3n) is 7.30. The number of hydrogen-bond donors (Lipinski definition) is 2. The molecule has 3 unspecified atom stereocenters. The smallest absolute Gasteiger partial charge is 0.256 e. The third-order valence-corrected chi connectivity index (χ3v) is 7.30. The molecule has 2 aromatic carbocycles. The number of carbonyl (C=O) groups excluding carboxylic acids is 2. The lowest BCUT2D eigenvalue weighted by Gasteiger charge is -2.20. The number of β-amino-alcohol motifs (C(OH)–C–C–N with tert-alkyl or cyclic N) is 1. The van der Waals surface area contributed by atoms with Crippen molar-refractivity contribution in [2.24, 2.45) is 9.98 Å². The van der Waals surface area contributed by atoms with Gasteiger partial charge in [0.15, 0.2) is 29.3 Å². The molecule has 2 aromatic rings. The summed E-state index contributed by atoms with van der Waals surface area (Å²) in [6.45, 7) is 1.42. The molecule has 1 amide bonds. The lowest BCUT2D eigenvalue weighted by Crippen LogP contribution is -2.35. The Morgan fingerprint density at radius 2 is 1.60 bits per heavy atom. The summed E-state index contributed by atoms with van der Waals surface area (Å²) in [4.78, 5) is 36.4. The first-order valence-corrected chi connectivity index (χ1v) is 13.5. The number of aldehydes is 1. The Morgan fingerprint density at radius 3 is 2.19 bits per heavy atom. The number of methoxy groups -OCH3 is 4. The average Bonchev–Trinajstić information content (AvgIpc) is 3.60. The number of carbonyl (C=O) groups is 2. The first kappa shape index (κ1) is 32.5. The second kappa shape index (κ2) is 15.3. The van der Waals surface area contributed by atoms with E-state index in [9.17, 15) is 14.7 Å². The molecular formula is C30H40N4O8. The predicted molar refractivity (Wildman–Crippen MR) is 160 cm³/mol. The molecule has 3 heterocycles. The van der Waals surface area contributed by atoms with Gasteiger partial charge in [0.25, 0.3) is 5.91 Å². The van der Waals surface area contributed by atoms with Crippen LogP contribution in [0.5, 0.6) is 23.0 Å². The van der Waals surface area contributed by atoms with Gasteiger partial charge in [-0.2, -0.15) is 0 Å². The molecule has 0 radical (unpaired) electrons. The maximum atomic E-state index is 12.5. The molecule has 2 N–H and O–H groups in total. The number of amides is 1. The fourth-order valence-corrected chi connectivity index (χ4v) is 5.10. The van der Waals surface area contributed by atoms with Crippen LogP contribution in [0.1, 0.15) is 40.0 Å². The van der Waals surface area contributed by atoms with E-state index in [4.69, 9.17) is 24.1 Å². The van der Waals surface area contributed by atoms with Gasteiger partial charge in [0.05, 0.1) is 57.5 Å². The van der Waals surface area contributed by atoms with Gasteiger partial charge in [-0.05, 0) is 38.4 Å². The fourth-order valence-electron chi connectivity index (χ4n) is 5.10. The Labute approximate surface area is 246 Å². The average molecular weight is 585 g/mol. The molecule has 2 fully saturated rings. The van der Waals surface area contributed by atoms with E-state index in [1.807, 2.05) is 23.1 Å². The summed E-state index contributed by atoms with van der Waals surface area (Å²) in [5.41, 5.74) is 2.19. The van der Waals surface area contributed by atoms with Crippen molar-refractivity contribution in [1.82, 2.24) is 9.80 Å². The number of fused-ring (bicyclic) bond motifs is 2. The first-order chi connectivity index (χ1) is 20.3. The monoisotopic (exact) mass is 584 g/mol. The SMILES string of the molecule is CO.COc1cc(C=O)c(N=CC2CC(O)CN2C)cc1OC.COc1cc2c(cc1OC)C(=O)N1CCCC1C=N2. The Morgan fingerprint density at radius 1 is 0.976 bits per heavy atom. The highest BCUT2D eigenvalue weighted by molar-refractivity contribution is 6.03. The maximum Gasteiger partial charge on any atom is 0.256 e. The topological polar surface area (TPSA) is 143 Å². The van der Waals surface area contributed by atoms with Gasteiger partial charge in [-0.1, -0.05) is 0 Å². The number of nitrogens with zero attached hydrogens (tertiary/aromatic N) is 4. The van der Waals surface area contributed by atoms with Gasteiger partial charge in [-0.3, -0.25) is 24.5 Å². The number of hydrogen-bond acceptors (Lipinski definition) is 11. The van der Waals surface area contributed by atoms with Crippen LogP contribution in [-0.2, 0) is 0 Å². The Kier molecular flexibility index (Phi) is 11.8. The van der Waals surface area contributed by atoms with Crippen molar-refractivity contribution < 1.29 is 38.7 Å². The quantitative estimate of drug-likeness (QED) is 0.371. The summed E-state index contributed by atoms with van der Waals surface area (Å²) >= 11 is 0. The minimum atomic E-state index is -0.331. The number of likely N-dealkylation sites (tertiary alicyclic amines) is 1. The van der Waals surface area contributed by atoms with E-state index in [1.165, 1.54) is 14.2 Å². The van der Waals surface area contributed by atoms with Crippen molar-refractivity contribution in [3.63, 3.8) is 0 Å².